The summed E-state index contributed by atoms with van der Waals surface area (Å²) in [6.45, 7) is 2.69. The summed E-state index contributed by atoms with van der Waals surface area (Å²) in [5, 5.41) is 0. The summed E-state index contributed by atoms with van der Waals surface area (Å²) in [5.74, 6) is 0.352. The second kappa shape index (κ2) is 5.47. The maximum absolute atomic E-state index is 11.6. The molecule has 1 rings (SSSR count). The summed E-state index contributed by atoms with van der Waals surface area (Å²) >= 11 is 0. The molecule has 1 saturated carbocycles. The highest BCUT2D eigenvalue weighted by Gasteiger charge is 2.40. The third kappa shape index (κ3) is 3.18. The van der Waals surface area contributed by atoms with Crippen LogP contribution in [0.1, 0.15) is 19.8 Å². The molecule has 15 heavy (non-hydrogen) atoms. The Balaban J connectivity index is 2.58. The SMILES string of the molecule is COCC(C)N(C)C(C(=O)OC)C1CC1. The van der Waals surface area contributed by atoms with Gasteiger partial charge in [0.05, 0.1) is 13.7 Å². The molecular formula is C11H21NO3. The summed E-state index contributed by atoms with van der Waals surface area (Å²) in [6, 6.07) is 0.139. The minimum Gasteiger partial charge on any atom is -0.468 e. The zero-order chi connectivity index (χ0) is 11.4. The number of rotatable bonds is 6. The average molecular weight is 215 g/mol. The maximum atomic E-state index is 11.6. The second-order valence-electron chi connectivity index (χ2n) is 4.28. The predicted octanol–water partition coefficient (Wildman–Crippen LogP) is 0.905. The zero-order valence-corrected chi connectivity index (χ0v) is 10.0. The van der Waals surface area contributed by atoms with Gasteiger partial charge in [-0.2, -0.15) is 0 Å². The van der Waals surface area contributed by atoms with Crippen LogP contribution in [0, 0.1) is 5.92 Å². The Morgan fingerprint density at radius 3 is 2.47 bits per heavy atom. The van der Waals surface area contributed by atoms with Gasteiger partial charge in [-0.3, -0.25) is 9.69 Å². The fourth-order valence-electron chi connectivity index (χ4n) is 1.86. The lowest BCUT2D eigenvalue weighted by Gasteiger charge is -2.30. The molecule has 0 bridgehead atoms. The van der Waals surface area contributed by atoms with Crippen molar-refractivity contribution in [1.82, 2.24) is 4.90 Å². The third-order valence-electron chi connectivity index (χ3n) is 3.05. The van der Waals surface area contributed by atoms with Crippen molar-refractivity contribution in [3.05, 3.63) is 0 Å². The molecule has 0 aromatic heterocycles. The van der Waals surface area contributed by atoms with Crippen molar-refractivity contribution in [2.45, 2.75) is 31.8 Å². The number of nitrogens with zero attached hydrogens (tertiary/aromatic N) is 1. The first kappa shape index (κ1) is 12.5. The Kier molecular flexibility index (Phi) is 4.54. The molecule has 0 radical (unpaired) electrons. The van der Waals surface area contributed by atoms with Gasteiger partial charge >= 0.3 is 5.97 Å². The van der Waals surface area contributed by atoms with E-state index in [-0.39, 0.29) is 18.1 Å². The fourth-order valence-corrected chi connectivity index (χ4v) is 1.86. The van der Waals surface area contributed by atoms with Crippen LogP contribution >= 0.6 is 0 Å². The topological polar surface area (TPSA) is 38.8 Å². The summed E-state index contributed by atoms with van der Waals surface area (Å²) in [4.78, 5) is 13.7. The van der Waals surface area contributed by atoms with E-state index in [9.17, 15) is 4.79 Å². The Labute approximate surface area is 91.5 Å². The molecule has 0 spiro atoms. The lowest BCUT2D eigenvalue weighted by atomic mass is 10.1. The fraction of sp³-hybridized carbons (Fsp3) is 0.909. The first-order valence-corrected chi connectivity index (χ1v) is 5.40. The lowest BCUT2D eigenvalue weighted by molar-refractivity contribution is -0.148. The third-order valence-corrected chi connectivity index (χ3v) is 3.05. The van der Waals surface area contributed by atoms with Crippen molar-refractivity contribution < 1.29 is 14.3 Å². The molecule has 2 unspecified atom stereocenters. The van der Waals surface area contributed by atoms with Gasteiger partial charge in [0.1, 0.15) is 6.04 Å². The summed E-state index contributed by atoms with van der Waals surface area (Å²) in [6.07, 6.45) is 2.26. The van der Waals surface area contributed by atoms with Crippen molar-refractivity contribution in [2.24, 2.45) is 5.92 Å². The van der Waals surface area contributed by atoms with Crippen molar-refractivity contribution in [2.75, 3.05) is 27.9 Å². The number of carbonyl (C=O) groups is 1. The number of ether oxygens (including phenoxy) is 2. The van der Waals surface area contributed by atoms with Crippen LogP contribution in [0.2, 0.25) is 0 Å². The van der Waals surface area contributed by atoms with E-state index in [0.717, 1.165) is 12.8 Å². The van der Waals surface area contributed by atoms with Crippen LogP contribution in [0.4, 0.5) is 0 Å². The molecule has 0 aromatic carbocycles. The number of esters is 1. The van der Waals surface area contributed by atoms with E-state index < -0.39 is 0 Å². The van der Waals surface area contributed by atoms with Gasteiger partial charge in [0.25, 0.3) is 0 Å². The van der Waals surface area contributed by atoms with Gasteiger partial charge in [0, 0.05) is 13.2 Å². The number of hydrogen-bond acceptors (Lipinski definition) is 4. The van der Waals surface area contributed by atoms with Crippen LogP contribution in [0.3, 0.4) is 0 Å². The number of hydrogen-bond donors (Lipinski definition) is 0. The van der Waals surface area contributed by atoms with Crippen molar-refractivity contribution in [3.8, 4) is 0 Å². The Morgan fingerprint density at radius 1 is 1.47 bits per heavy atom. The summed E-state index contributed by atoms with van der Waals surface area (Å²) in [5.41, 5.74) is 0. The molecule has 0 saturated heterocycles. The molecular weight excluding hydrogens is 194 g/mol. The van der Waals surface area contributed by atoms with Crippen LogP contribution in [0.25, 0.3) is 0 Å². The lowest BCUT2D eigenvalue weighted by Crippen LogP contribution is -2.47. The molecule has 88 valence electrons. The van der Waals surface area contributed by atoms with Gasteiger partial charge in [-0.05, 0) is 32.7 Å². The van der Waals surface area contributed by atoms with E-state index >= 15 is 0 Å². The van der Waals surface area contributed by atoms with Crippen molar-refractivity contribution in [1.29, 1.82) is 0 Å². The molecule has 4 nitrogen and oxygen atoms in total. The van der Waals surface area contributed by atoms with Crippen LogP contribution in [0.15, 0.2) is 0 Å². The molecule has 0 N–H and O–H groups in total. The zero-order valence-electron chi connectivity index (χ0n) is 10.0. The van der Waals surface area contributed by atoms with E-state index in [1.54, 1.807) is 7.11 Å². The highest BCUT2D eigenvalue weighted by Crippen LogP contribution is 2.36. The standard InChI is InChI=1S/C11H21NO3/c1-8(7-14-3)12(2)10(9-5-6-9)11(13)15-4/h8-10H,5-7H2,1-4H3. The molecule has 0 aliphatic heterocycles. The molecule has 0 amide bonds. The monoisotopic (exact) mass is 215 g/mol. The minimum atomic E-state index is -0.122. The smallest absolute Gasteiger partial charge is 0.323 e. The molecule has 4 heteroatoms. The van der Waals surface area contributed by atoms with E-state index in [1.807, 2.05) is 7.05 Å². The van der Waals surface area contributed by atoms with Gasteiger partial charge in [0.2, 0.25) is 0 Å². The predicted molar refractivity (Wildman–Crippen MR) is 57.6 cm³/mol. The normalized spacial score (nSPS) is 20.1. The van der Waals surface area contributed by atoms with Crippen molar-refractivity contribution in [3.63, 3.8) is 0 Å². The van der Waals surface area contributed by atoms with Crippen LogP contribution in [-0.2, 0) is 14.3 Å². The molecule has 1 fully saturated rings. The van der Waals surface area contributed by atoms with Gasteiger partial charge in [-0.1, -0.05) is 0 Å². The second-order valence-corrected chi connectivity index (χ2v) is 4.28. The maximum Gasteiger partial charge on any atom is 0.323 e. The average Bonchev–Trinajstić information content (AvgIpc) is 3.02. The van der Waals surface area contributed by atoms with E-state index in [2.05, 4.69) is 11.8 Å². The number of likely N-dealkylation sites (N-methyl/N-ethyl adjacent to an activating group) is 1. The number of carbonyl (C=O) groups excluding carboxylic acids is 1. The van der Waals surface area contributed by atoms with Gasteiger partial charge < -0.3 is 9.47 Å². The highest BCUT2D eigenvalue weighted by molar-refractivity contribution is 5.76. The molecule has 1 aliphatic carbocycles. The van der Waals surface area contributed by atoms with E-state index in [0.29, 0.717) is 12.5 Å². The highest BCUT2D eigenvalue weighted by atomic mass is 16.5. The first-order chi connectivity index (χ1) is 7.11. The molecule has 0 aromatic rings. The summed E-state index contributed by atoms with van der Waals surface area (Å²) in [7, 11) is 5.09. The van der Waals surface area contributed by atoms with Crippen LogP contribution in [-0.4, -0.2) is 50.8 Å². The minimum absolute atomic E-state index is 0.0971. The molecule has 0 heterocycles. The van der Waals surface area contributed by atoms with Crippen LogP contribution < -0.4 is 0 Å². The molecule has 2 atom stereocenters. The first-order valence-electron chi connectivity index (χ1n) is 5.40. The van der Waals surface area contributed by atoms with E-state index in [1.165, 1.54) is 7.11 Å². The Hall–Kier alpha value is -0.610. The largest absolute Gasteiger partial charge is 0.468 e. The Morgan fingerprint density at radius 2 is 2.07 bits per heavy atom. The van der Waals surface area contributed by atoms with Crippen molar-refractivity contribution >= 4 is 5.97 Å². The quantitative estimate of drug-likeness (QED) is 0.617. The van der Waals surface area contributed by atoms with Gasteiger partial charge in [-0.15, -0.1) is 0 Å². The molecule has 1 aliphatic rings. The van der Waals surface area contributed by atoms with Gasteiger partial charge in [-0.25, -0.2) is 0 Å². The summed E-state index contributed by atoms with van der Waals surface area (Å²) < 4.78 is 9.94. The van der Waals surface area contributed by atoms with Gasteiger partial charge in [0.15, 0.2) is 0 Å². The Bertz CT molecular complexity index is 216. The van der Waals surface area contributed by atoms with E-state index in [4.69, 9.17) is 9.47 Å². The van der Waals surface area contributed by atoms with Crippen LogP contribution in [0.5, 0.6) is 0 Å². The number of methoxy groups -OCH3 is 2.